The molecule has 2 amide bonds. The molecule has 1 atom stereocenters. The Bertz CT molecular complexity index is 1630. The first kappa shape index (κ1) is 38.6. The number of likely N-dealkylation sites (tertiary alicyclic amines) is 1. The van der Waals surface area contributed by atoms with Crippen molar-refractivity contribution in [1.82, 2.24) is 20.2 Å². The number of rotatable bonds is 12. The second-order valence-electron chi connectivity index (χ2n) is 13.6. The van der Waals surface area contributed by atoms with Gasteiger partial charge in [0.2, 0.25) is 17.6 Å². The molecule has 1 unspecified atom stereocenters. The van der Waals surface area contributed by atoms with Crippen molar-refractivity contribution >= 4 is 33.6 Å². The van der Waals surface area contributed by atoms with Crippen LogP contribution in [0.4, 0.5) is 38.0 Å². The van der Waals surface area contributed by atoms with Crippen molar-refractivity contribution in [2.45, 2.75) is 76.2 Å². The van der Waals surface area contributed by atoms with Gasteiger partial charge in [-0.2, -0.15) is 34.8 Å². The lowest BCUT2D eigenvalue weighted by Crippen LogP contribution is -2.57. The zero-order valence-corrected chi connectivity index (χ0v) is 28.7. The van der Waals surface area contributed by atoms with Gasteiger partial charge in [0.1, 0.15) is 17.7 Å². The standard InChI is InChI=1S/C33H42F6N6O5S/c34-32(35,36)25-6-4-24(5-7-25)8-14-40-30(47)26-13-19-45(26)28-20-27(41-31(42-28)33(37,38)39)43-15-9-22(10-16-43)2-1-3-23-11-17-44(18-12-23)29(46)21-51(48,49)50/h4-7,20,22-23,26H,1-3,8-19,21H2,(H,40,47)(H,48,49,50). The summed E-state index contributed by atoms with van der Waals surface area (Å²) in [6, 6.07) is 5.37. The van der Waals surface area contributed by atoms with Crippen LogP contribution in [0.3, 0.4) is 0 Å². The monoisotopic (exact) mass is 748 g/mol. The number of carbonyl (C=O) groups is 2. The predicted molar refractivity (Wildman–Crippen MR) is 175 cm³/mol. The van der Waals surface area contributed by atoms with Gasteiger partial charge in [-0.15, -0.1) is 0 Å². The van der Waals surface area contributed by atoms with Crippen LogP contribution in [-0.2, 0) is 38.5 Å². The Morgan fingerprint density at radius 3 is 1.94 bits per heavy atom. The van der Waals surface area contributed by atoms with E-state index in [-0.39, 0.29) is 24.6 Å². The Kier molecular flexibility index (Phi) is 12.0. The van der Waals surface area contributed by atoms with E-state index in [1.165, 1.54) is 28.0 Å². The molecule has 0 bridgehead atoms. The zero-order chi connectivity index (χ0) is 37.0. The number of nitrogens with one attached hydrogen (secondary N) is 1. The highest BCUT2D eigenvalue weighted by Crippen LogP contribution is 2.35. The van der Waals surface area contributed by atoms with Crippen LogP contribution in [0.15, 0.2) is 30.3 Å². The van der Waals surface area contributed by atoms with Crippen molar-refractivity contribution in [3.63, 3.8) is 0 Å². The summed E-state index contributed by atoms with van der Waals surface area (Å²) in [5.74, 6) is -2.22. The van der Waals surface area contributed by atoms with Crippen LogP contribution in [0, 0.1) is 11.8 Å². The summed E-state index contributed by atoms with van der Waals surface area (Å²) in [6.07, 6.45) is -2.60. The number of hydrogen-bond donors (Lipinski definition) is 2. The summed E-state index contributed by atoms with van der Waals surface area (Å²) in [5, 5.41) is 2.73. The molecule has 3 fully saturated rings. The summed E-state index contributed by atoms with van der Waals surface area (Å²) in [6.45, 7) is 2.40. The van der Waals surface area contributed by atoms with E-state index in [9.17, 15) is 44.3 Å². The number of piperidine rings is 2. The molecule has 0 aliphatic carbocycles. The van der Waals surface area contributed by atoms with E-state index in [0.29, 0.717) is 56.5 Å². The van der Waals surface area contributed by atoms with Gasteiger partial charge in [-0.25, -0.2) is 9.97 Å². The summed E-state index contributed by atoms with van der Waals surface area (Å²) in [7, 11) is -4.36. The fraction of sp³-hybridized carbons (Fsp3) is 0.636. The van der Waals surface area contributed by atoms with Gasteiger partial charge in [0.25, 0.3) is 10.1 Å². The number of halogens is 6. The van der Waals surface area contributed by atoms with E-state index in [1.54, 1.807) is 0 Å². The molecule has 0 saturated carbocycles. The highest BCUT2D eigenvalue weighted by molar-refractivity contribution is 7.86. The van der Waals surface area contributed by atoms with Crippen molar-refractivity contribution < 1.29 is 48.9 Å². The first-order chi connectivity index (χ1) is 24.0. The van der Waals surface area contributed by atoms with Crippen molar-refractivity contribution in [2.24, 2.45) is 11.8 Å². The molecule has 5 rings (SSSR count). The van der Waals surface area contributed by atoms with Gasteiger partial charge < -0.3 is 20.0 Å². The van der Waals surface area contributed by atoms with Crippen LogP contribution in [0.2, 0.25) is 0 Å². The van der Waals surface area contributed by atoms with Crippen LogP contribution in [-0.4, -0.2) is 90.7 Å². The van der Waals surface area contributed by atoms with Crippen molar-refractivity contribution in [3.05, 3.63) is 47.3 Å². The van der Waals surface area contributed by atoms with E-state index >= 15 is 0 Å². The van der Waals surface area contributed by atoms with Gasteiger partial charge in [0.05, 0.1) is 5.56 Å². The number of amides is 2. The van der Waals surface area contributed by atoms with Gasteiger partial charge in [0, 0.05) is 45.3 Å². The van der Waals surface area contributed by atoms with Gasteiger partial charge in [-0.05, 0) is 68.1 Å². The molecule has 1 aromatic carbocycles. The van der Waals surface area contributed by atoms with E-state index in [2.05, 4.69) is 15.3 Å². The van der Waals surface area contributed by atoms with Crippen molar-refractivity contribution in [3.8, 4) is 0 Å². The second-order valence-corrected chi connectivity index (χ2v) is 15.0. The largest absolute Gasteiger partial charge is 0.451 e. The summed E-state index contributed by atoms with van der Waals surface area (Å²) < 4.78 is 111. The van der Waals surface area contributed by atoms with Crippen LogP contribution in [0.5, 0.6) is 0 Å². The Morgan fingerprint density at radius 1 is 0.824 bits per heavy atom. The summed E-state index contributed by atoms with van der Waals surface area (Å²) in [5.41, 5.74) is -0.172. The SMILES string of the molecule is O=C(NCCc1ccc(C(F)(F)F)cc1)C1CCN1c1cc(N2CCC(CCCC3CCN(C(=O)CS(=O)(=O)O)CC3)CC2)nc(C(F)(F)F)n1. The van der Waals surface area contributed by atoms with Crippen molar-refractivity contribution in [1.29, 1.82) is 0 Å². The average molecular weight is 749 g/mol. The molecule has 18 heteroatoms. The van der Waals surface area contributed by atoms with Gasteiger partial charge in [-0.1, -0.05) is 31.4 Å². The molecule has 282 valence electrons. The number of hydrogen-bond acceptors (Lipinski definition) is 8. The third-order valence-electron chi connectivity index (χ3n) is 10.00. The minimum Gasteiger partial charge on any atom is -0.356 e. The molecule has 0 radical (unpaired) electrons. The molecule has 0 spiro atoms. The van der Waals surface area contributed by atoms with Gasteiger partial charge in [0.15, 0.2) is 5.75 Å². The van der Waals surface area contributed by atoms with Crippen LogP contribution < -0.4 is 15.1 Å². The molecule has 4 heterocycles. The Hall–Kier alpha value is -3.67. The van der Waals surface area contributed by atoms with E-state index in [1.807, 2.05) is 4.90 Å². The number of alkyl halides is 6. The lowest BCUT2D eigenvalue weighted by Gasteiger charge is -2.41. The first-order valence-corrected chi connectivity index (χ1v) is 18.7. The highest BCUT2D eigenvalue weighted by Gasteiger charge is 2.40. The fourth-order valence-electron chi connectivity index (χ4n) is 6.96. The average Bonchev–Trinajstić information content (AvgIpc) is 3.03. The maximum absolute atomic E-state index is 13.9. The van der Waals surface area contributed by atoms with Crippen LogP contribution in [0.25, 0.3) is 0 Å². The molecule has 1 aromatic heterocycles. The van der Waals surface area contributed by atoms with Crippen molar-refractivity contribution in [2.75, 3.05) is 54.8 Å². The molecule has 2 N–H and O–H groups in total. The maximum Gasteiger partial charge on any atom is 0.451 e. The quantitative estimate of drug-likeness (QED) is 0.228. The smallest absolute Gasteiger partial charge is 0.356 e. The van der Waals surface area contributed by atoms with Crippen LogP contribution >= 0.6 is 0 Å². The van der Waals surface area contributed by atoms with Gasteiger partial charge in [-0.3, -0.25) is 14.1 Å². The molecule has 3 aliphatic heterocycles. The minimum absolute atomic E-state index is 0.00863. The number of anilines is 2. The number of carbonyl (C=O) groups excluding carboxylic acids is 2. The number of aromatic nitrogens is 2. The lowest BCUT2D eigenvalue weighted by molar-refractivity contribution is -0.145. The Balaban J connectivity index is 1.09. The van der Waals surface area contributed by atoms with E-state index in [0.717, 1.165) is 57.1 Å². The number of nitrogens with zero attached hydrogens (tertiary/aromatic N) is 5. The predicted octanol–water partition coefficient (Wildman–Crippen LogP) is 4.96. The second kappa shape index (κ2) is 15.9. The summed E-state index contributed by atoms with van der Waals surface area (Å²) in [4.78, 5) is 37.4. The zero-order valence-electron chi connectivity index (χ0n) is 27.9. The maximum atomic E-state index is 13.9. The topological polar surface area (TPSA) is 136 Å². The minimum atomic E-state index is -4.80. The Morgan fingerprint density at radius 2 is 1.41 bits per heavy atom. The first-order valence-electron chi connectivity index (χ1n) is 17.1. The molecule has 2 aromatic rings. The Labute approximate surface area is 292 Å². The molecule has 3 aliphatic rings. The molecular weight excluding hydrogens is 706 g/mol. The molecule has 51 heavy (non-hydrogen) atoms. The molecular formula is C33H42F6N6O5S. The van der Waals surface area contributed by atoms with Gasteiger partial charge >= 0.3 is 12.4 Å². The third kappa shape index (κ3) is 10.7. The highest BCUT2D eigenvalue weighted by atomic mass is 32.2. The van der Waals surface area contributed by atoms with Crippen LogP contribution in [0.1, 0.15) is 68.3 Å². The van der Waals surface area contributed by atoms with E-state index in [4.69, 9.17) is 4.55 Å². The normalized spacial score (nSPS) is 19.6. The summed E-state index contributed by atoms with van der Waals surface area (Å²) >= 11 is 0. The number of benzene rings is 1. The lowest BCUT2D eigenvalue weighted by atomic mass is 9.87. The molecule has 3 saturated heterocycles. The van der Waals surface area contributed by atoms with E-state index < -0.39 is 57.5 Å². The fourth-order valence-corrected chi connectivity index (χ4v) is 7.46. The molecule has 11 nitrogen and oxygen atoms in total. The third-order valence-corrected chi connectivity index (χ3v) is 10.6.